The van der Waals surface area contributed by atoms with Crippen LogP contribution in [0.2, 0.25) is 0 Å². The van der Waals surface area contributed by atoms with Crippen molar-refractivity contribution in [3.63, 3.8) is 0 Å². The predicted molar refractivity (Wildman–Crippen MR) is 50.6 cm³/mol. The maximum absolute atomic E-state index is 13.1. The zero-order valence-electron chi connectivity index (χ0n) is 9.00. The van der Waals surface area contributed by atoms with Crippen molar-refractivity contribution in [1.29, 1.82) is 0 Å². The summed E-state index contributed by atoms with van der Waals surface area (Å²) in [7, 11) is 0. The number of rotatable bonds is 2. The topological polar surface area (TPSA) is 17.8 Å². The minimum Gasteiger partial charge on any atom is -0.258 e. The summed E-state index contributed by atoms with van der Waals surface area (Å²) < 4.78 is 99.8. The highest BCUT2D eigenvalue weighted by Crippen LogP contribution is 2.49. The molecule has 0 aliphatic heterocycles. The monoisotopic (exact) mass is 360 g/mol. The van der Waals surface area contributed by atoms with Gasteiger partial charge in [-0.25, -0.2) is 0 Å². The van der Waals surface area contributed by atoms with Crippen LogP contribution in [0.3, 0.4) is 0 Å². The summed E-state index contributed by atoms with van der Waals surface area (Å²) in [5.74, 6) is -5.69. The van der Waals surface area contributed by atoms with Gasteiger partial charge in [0.2, 0.25) is 0 Å². The first-order valence-electron chi connectivity index (χ1n) is 4.62. The second-order valence-electron chi connectivity index (χ2n) is 3.40. The Bertz CT molecular complexity index is 472. The van der Waals surface area contributed by atoms with Crippen LogP contribution >= 0.6 is 15.9 Å². The molecule has 0 spiro atoms. The summed E-state index contributed by atoms with van der Waals surface area (Å²) in [5, 5.41) is 2.71. The third kappa shape index (κ3) is 2.70. The highest BCUT2D eigenvalue weighted by Gasteiger charge is 2.63. The maximum Gasteiger partial charge on any atom is 0.459 e. The average Bonchev–Trinajstić information content (AvgIpc) is 2.53. The Hall–Kier alpha value is -0.870. The van der Waals surface area contributed by atoms with Gasteiger partial charge in [0.25, 0.3) is 0 Å². The molecule has 0 aromatic carbocycles. The molecule has 0 radical (unpaired) electrons. The van der Waals surface area contributed by atoms with Gasteiger partial charge in [0.15, 0.2) is 5.69 Å². The van der Waals surface area contributed by atoms with Gasteiger partial charge in [-0.05, 0) is 22.9 Å². The van der Waals surface area contributed by atoms with Gasteiger partial charge in [0.05, 0.1) is 0 Å². The molecule has 1 aromatic rings. The smallest absolute Gasteiger partial charge is 0.258 e. The molecular formula is C8H5BrF8N2. The molecular weight excluding hydrogens is 356 g/mol. The molecule has 0 saturated carbocycles. The van der Waals surface area contributed by atoms with Gasteiger partial charge in [-0.2, -0.15) is 40.2 Å². The minimum absolute atomic E-state index is 0.308. The van der Waals surface area contributed by atoms with Crippen LogP contribution in [-0.4, -0.2) is 16.0 Å². The lowest BCUT2D eigenvalue weighted by atomic mass is 10.1. The zero-order chi connectivity index (χ0) is 15.2. The number of halogens is 9. The van der Waals surface area contributed by atoms with Gasteiger partial charge in [-0.3, -0.25) is 4.68 Å². The first-order chi connectivity index (χ1) is 8.34. The Morgan fingerprint density at radius 2 is 1.53 bits per heavy atom. The van der Waals surface area contributed by atoms with Gasteiger partial charge in [-0.15, -0.1) is 0 Å². The van der Waals surface area contributed by atoms with Gasteiger partial charge in [-0.1, -0.05) is 0 Å². The van der Waals surface area contributed by atoms with Crippen LogP contribution in [0.4, 0.5) is 35.1 Å². The van der Waals surface area contributed by atoms with E-state index in [9.17, 15) is 35.1 Å². The van der Waals surface area contributed by atoms with Crippen LogP contribution in [0.1, 0.15) is 18.2 Å². The Balaban J connectivity index is 3.61. The number of aryl methyl sites for hydroxylation is 1. The van der Waals surface area contributed by atoms with Crippen LogP contribution in [0.15, 0.2) is 4.60 Å². The van der Waals surface area contributed by atoms with E-state index in [1.54, 1.807) is 0 Å². The summed E-state index contributed by atoms with van der Waals surface area (Å²) in [4.78, 5) is 0. The summed E-state index contributed by atoms with van der Waals surface area (Å²) in [5.41, 5.74) is -4.49. The van der Waals surface area contributed by atoms with Crippen molar-refractivity contribution in [2.75, 3.05) is 0 Å². The first kappa shape index (κ1) is 16.2. The van der Waals surface area contributed by atoms with E-state index in [2.05, 4.69) is 21.0 Å². The van der Waals surface area contributed by atoms with E-state index in [4.69, 9.17) is 0 Å². The first-order valence-corrected chi connectivity index (χ1v) is 5.41. The van der Waals surface area contributed by atoms with E-state index in [0.717, 1.165) is 0 Å². The molecule has 0 fully saturated rings. The van der Waals surface area contributed by atoms with Crippen molar-refractivity contribution >= 4 is 15.9 Å². The molecule has 0 aliphatic rings. The fourth-order valence-corrected chi connectivity index (χ4v) is 2.00. The van der Waals surface area contributed by atoms with E-state index >= 15 is 0 Å². The molecule has 0 N–H and O–H groups in total. The molecule has 1 heterocycles. The minimum atomic E-state index is -6.17. The molecule has 0 bridgehead atoms. The van der Waals surface area contributed by atoms with Crippen molar-refractivity contribution in [1.82, 2.24) is 9.78 Å². The maximum atomic E-state index is 13.1. The average molecular weight is 361 g/mol. The van der Waals surface area contributed by atoms with Crippen molar-refractivity contribution in [2.45, 2.75) is 31.7 Å². The fourth-order valence-electron chi connectivity index (χ4n) is 1.26. The van der Waals surface area contributed by atoms with Crippen LogP contribution in [0, 0.1) is 0 Å². The standard InChI is InChI=1S/C8H5BrF8N2/c1-2-19-5(9)3(7(12,13)14)4(18-19)6(10,11)8(15,16)17/h2H2,1H3. The van der Waals surface area contributed by atoms with E-state index in [0.29, 0.717) is 4.68 Å². The predicted octanol–water partition coefficient (Wildman–Crippen LogP) is 4.34. The normalized spacial score (nSPS) is 14.0. The second kappa shape index (κ2) is 4.60. The van der Waals surface area contributed by atoms with Crippen molar-refractivity contribution in [3.8, 4) is 0 Å². The largest absolute Gasteiger partial charge is 0.459 e. The second-order valence-corrected chi connectivity index (χ2v) is 4.15. The number of nitrogens with zero attached hydrogens (tertiary/aromatic N) is 2. The summed E-state index contributed by atoms with van der Waals surface area (Å²) in [6, 6.07) is 0. The van der Waals surface area contributed by atoms with Crippen LogP contribution in [0.5, 0.6) is 0 Å². The lowest BCUT2D eigenvalue weighted by molar-refractivity contribution is -0.292. The van der Waals surface area contributed by atoms with Crippen molar-refractivity contribution in [3.05, 3.63) is 15.9 Å². The molecule has 0 amide bonds. The number of aromatic nitrogens is 2. The summed E-state index contributed by atoms with van der Waals surface area (Å²) in [6.45, 7) is 0.936. The van der Waals surface area contributed by atoms with Gasteiger partial charge >= 0.3 is 18.3 Å². The van der Waals surface area contributed by atoms with E-state index in [1.165, 1.54) is 6.92 Å². The Morgan fingerprint density at radius 1 is 1.05 bits per heavy atom. The summed E-state index contributed by atoms with van der Waals surface area (Å²) >= 11 is 2.34. The number of hydrogen-bond acceptors (Lipinski definition) is 1. The summed E-state index contributed by atoms with van der Waals surface area (Å²) in [6.07, 6.45) is -11.6. The quantitative estimate of drug-likeness (QED) is 0.717. The van der Waals surface area contributed by atoms with Crippen molar-refractivity contribution < 1.29 is 35.1 Å². The van der Waals surface area contributed by atoms with Gasteiger partial charge in [0, 0.05) is 6.54 Å². The Morgan fingerprint density at radius 3 is 1.84 bits per heavy atom. The van der Waals surface area contributed by atoms with Crippen LogP contribution in [-0.2, 0) is 18.6 Å². The molecule has 19 heavy (non-hydrogen) atoms. The SMILES string of the molecule is CCn1nc(C(F)(F)C(F)(F)F)c(C(F)(F)F)c1Br. The molecule has 0 atom stereocenters. The number of hydrogen-bond donors (Lipinski definition) is 0. The van der Waals surface area contributed by atoms with E-state index < -0.39 is 34.1 Å². The Kier molecular flexibility index (Phi) is 3.92. The lowest BCUT2D eigenvalue weighted by Crippen LogP contribution is -2.36. The molecule has 11 heteroatoms. The Labute approximate surface area is 109 Å². The van der Waals surface area contributed by atoms with Crippen LogP contribution in [0.25, 0.3) is 0 Å². The third-order valence-corrected chi connectivity index (χ3v) is 2.93. The lowest BCUT2D eigenvalue weighted by Gasteiger charge is -2.19. The molecule has 0 aliphatic carbocycles. The van der Waals surface area contributed by atoms with Gasteiger partial charge < -0.3 is 0 Å². The van der Waals surface area contributed by atoms with Crippen LogP contribution < -0.4 is 0 Å². The highest BCUT2D eigenvalue weighted by atomic mass is 79.9. The van der Waals surface area contributed by atoms with Crippen molar-refractivity contribution in [2.24, 2.45) is 0 Å². The molecule has 0 unspecified atom stereocenters. The molecule has 0 saturated heterocycles. The van der Waals surface area contributed by atoms with Gasteiger partial charge in [0.1, 0.15) is 10.2 Å². The molecule has 2 nitrogen and oxygen atoms in total. The highest BCUT2D eigenvalue weighted by molar-refractivity contribution is 9.10. The molecule has 1 aromatic heterocycles. The van der Waals surface area contributed by atoms with E-state index in [-0.39, 0.29) is 6.54 Å². The zero-order valence-corrected chi connectivity index (χ0v) is 10.6. The third-order valence-electron chi connectivity index (χ3n) is 2.13. The fraction of sp³-hybridized carbons (Fsp3) is 0.625. The van der Waals surface area contributed by atoms with E-state index in [1.807, 2.05) is 0 Å². The molecule has 110 valence electrons. The molecule has 1 rings (SSSR count). The number of alkyl halides is 8.